The summed E-state index contributed by atoms with van der Waals surface area (Å²) in [6, 6.07) is 7.37. The van der Waals surface area contributed by atoms with Crippen LogP contribution in [0.15, 0.2) is 28.7 Å². The standard InChI is InChI=1S/C12H13ClN2O3/c1-16-9-4-2-3-5-10(9)17-8-12-15-14-11(18-12)6-7-13/h2-5H,6-8H2,1H3. The maximum absolute atomic E-state index is 5.58. The van der Waals surface area contributed by atoms with Gasteiger partial charge in [-0.05, 0) is 12.1 Å². The zero-order valence-corrected chi connectivity index (χ0v) is 10.7. The third kappa shape index (κ3) is 3.13. The first kappa shape index (κ1) is 12.7. The summed E-state index contributed by atoms with van der Waals surface area (Å²) >= 11 is 5.58. The van der Waals surface area contributed by atoms with Gasteiger partial charge in [0.25, 0.3) is 5.89 Å². The van der Waals surface area contributed by atoms with Crippen molar-refractivity contribution in [2.45, 2.75) is 13.0 Å². The van der Waals surface area contributed by atoms with E-state index in [1.165, 1.54) is 0 Å². The fourth-order valence-electron chi connectivity index (χ4n) is 1.41. The van der Waals surface area contributed by atoms with Gasteiger partial charge in [-0.25, -0.2) is 0 Å². The summed E-state index contributed by atoms with van der Waals surface area (Å²) in [6.45, 7) is 0.204. The lowest BCUT2D eigenvalue weighted by atomic mass is 10.3. The molecule has 18 heavy (non-hydrogen) atoms. The number of para-hydroxylation sites is 2. The molecule has 96 valence electrons. The third-order valence-electron chi connectivity index (χ3n) is 2.24. The smallest absolute Gasteiger partial charge is 0.253 e. The molecule has 0 saturated heterocycles. The van der Waals surface area contributed by atoms with E-state index >= 15 is 0 Å². The highest BCUT2D eigenvalue weighted by Gasteiger charge is 2.08. The Balaban J connectivity index is 1.97. The number of rotatable bonds is 6. The summed E-state index contributed by atoms with van der Waals surface area (Å²) in [5.74, 6) is 2.69. The number of nitrogens with zero attached hydrogens (tertiary/aromatic N) is 2. The third-order valence-corrected chi connectivity index (χ3v) is 2.43. The Morgan fingerprint density at radius 1 is 1.17 bits per heavy atom. The van der Waals surface area contributed by atoms with Crippen LogP contribution >= 0.6 is 11.6 Å². The van der Waals surface area contributed by atoms with Gasteiger partial charge >= 0.3 is 0 Å². The molecule has 1 heterocycles. The van der Waals surface area contributed by atoms with Gasteiger partial charge in [0.05, 0.1) is 7.11 Å². The molecule has 0 bridgehead atoms. The van der Waals surface area contributed by atoms with Crippen LogP contribution in [0.4, 0.5) is 0 Å². The largest absolute Gasteiger partial charge is 0.493 e. The second kappa shape index (κ2) is 6.26. The number of methoxy groups -OCH3 is 1. The van der Waals surface area contributed by atoms with E-state index in [4.69, 9.17) is 25.5 Å². The maximum Gasteiger partial charge on any atom is 0.253 e. The lowest BCUT2D eigenvalue weighted by Gasteiger charge is -2.07. The lowest BCUT2D eigenvalue weighted by molar-refractivity contribution is 0.247. The van der Waals surface area contributed by atoms with E-state index < -0.39 is 0 Å². The van der Waals surface area contributed by atoms with Crippen LogP contribution in [0.1, 0.15) is 11.8 Å². The van der Waals surface area contributed by atoms with E-state index in [-0.39, 0.29) is 6.61 Å². The zero-order valence-electron chi connectivity index (χ0n) is 9.93. The van der Waals surface area contributed by atoms with E-state index in [9.17, 15) is 0 Å². The molecule has 0 fully saturated rings. The minimum absolute atomic E-state index is 0.204. The molecule has 0 N–H and O–H groups in total. The molecule has 0 aliphatic heterocycles. The van der Waals surface area contributed by atoms with E-state index in [1.54, 1.807) is 7.11 Å². The van der Waals surface area contributed by atoms with Gasteiger partial charge in [0.15, 0.2) is 18.1 Å². The second-order valence-electron chi connectivity index (χ2n) is 3.47. The highest BCUT2D eigenvalue weighted by Crippen LogP contribution is 2.26. The van der Waals surface area contributed by atoms with Gasteiger partial charge < -0.3 is 13.9 Å². The molecule has 0 saturated carbocycles. The van der Waals surface area contributed by atoms with E-state index in [1.807, 2.05) is 24.3 Å². The lowest BCUT2D eigenvalue weighted by Crippen LogP contribution is -1.97. The van der Waals surface area contributed by atoms with Crippen molar-refractivity contribution in [1.29, 1.82) is 0 Å². The molecule has 0 unspecified atom stereocenters. The zero-order chi connectivity index (χ0) is 12.8. The van der Waals surface area contributed by atoms with E-state index in [0.29, 0.717) is 35.6 Å². The van der Waals surface area contributed by atoms with Gasteiger partial charge in [0.2, 0.25) is 5.89 Å². The first-order chi connectivity index (χ1) is 8.83. The molecule has 5 nitrogen and oxygen atoms in total. The first-order valence-electron chi connectivity index (χ1n) is 5.46. The highest BCUT2D eigenvalue weighted by atomic mass is 35.5. The summed E-state index contributed by atoms with van der Waals surface area (Å²) in [6.07, 6.45) is 0.559. The predicted octanol–water partition coefficient (Wildman–Crippen LogP) is 2.44. The quantitative estimate of drug-likeness (QED) is 0.753. The van der Waals surface area contributed by atoms with Crippen LogP contribution in [0.5, 0.6) is 11.5 Å². The van der Waals surface area contributed by atoms with Crippen molar-refractivity contribution in [3.63, 3.8) is 0 Å². The number of aromatic nitrogens is 2. The van der Waals surface area contributed by atoms with Crippen LogP contribution < -0.4 is 9.47 Å². The van der Waals surface area contributed by atoms with Gasteiger partial charge in [-0.3, -0.25) is 0 Å². The number of alkyl halides is 1. The minimum atomic E-state index is 0.204. The average molecular weight is 269 g/mol. The molecule has 2 aromatic rings. The molecule has 1 aromatic heterocycles. The molecular formula is C12H13ClN2O3. The van der Waals surface area contributed by atoms with Gasteiger partial charge in [-0.15, -0.1) is 21.8 Å². The number of halogens is 1. The Labute approximate surface area is 110 Å². The van der Waals surface area contributed by atoms with E-state index in [0.717, 1.165) is 0 Å². The molecule has 0 atom stereocenters. The minimum Gasteiger partial charge on any atom is -0.493 e. The molecule has 1 aromatic carbocycles. The number of hydrogen-bond acceptors (Lipinski definition) is 5. The molecule has 2 rings (SSSR count). The van der Waals surface area contributed by atoms with Crippen molar-refractivity contribution in [2.24, 2.45) is 0 Å². The molecule has 0 radical (unpaired) electrons. The SMILES string of the molecule is COc1ccccc1OCc1nnc(CCCl)o1. The van der Waals surface area contributed by atoms with Gasteiger partial charge in [-0.1, -0.05) is 12.1 Å². The van der Waals surface area contributed by atoms with Gasteiger partial charge in [0, 0.05) is 12.3 Å². The van der Waals surface area contributed by atoms with Crippen LogP contribution in [0.25, 0.3) is 0 Å². The Kier molecular flexibility index (Phi) is 4.41. The topological polar surface area (TPSA) is 57.4 Å². The number of hydrogen-bond donors (Lipinski definition) is 0. The van der Waals surface area contributed by atoms with Crippen molar-refractivity contribution < 1.29 is 13.9 Å². The monoisotopic (exact) mass is 268 g/mol. The number of aryl methyl sites for hydroxylation is 1. The summed E-state index contributed by atoms with van der Waals surface area (Å²) in [5.41, 5.74) is 0. The summed E-state index contributed by atoms with van der Waals surface area (Å²) < 4.78 is 16.1. The van der Waals surface area contributed by atoms with Crippen molar-refractivity contribution >= 4 is 11.6 Å². The fraction of sp³-hybridized carbons (Fsp3) is 0.333. The van der Waals surface area contributed by atoms with Crippen LogP contribution in [0.3, 0.4) is 0 Å². The van der Waals surface area contributed by atoms with Gasteiger partial charge in [-0.2, -0.15) is 0 Å². The molecular weight excluding hydrogens is 256 g/mol. The Morgan fingerprint density at radius 2 is 1.89 bits per heavy atom. The van der Waals surface area contributed by atoms with Crippen LogP contribution in [0.2, 0.25) is 0 Å². The molecule has 0 aliphatic carbocycles. The van der Waals surface area contributed by atoms with Crippen molar-refractivity contribution in [1.82, 2.24) is 10.2 Å². The van der Waals surface area contributed by atoms with Gasteiger partial charge in [0.1, 0.15) is 0 Å². The number of ether oxygens (including phenoxy) is 2. The predicted molar refractivity (Wildman–Crippen MR) is 66.0 cm³/mol. The molecule has 0 aliphatic rings. The van der Waals surface area contributed by atoms with Crippen molar-refractivity contribution in [3.05, 3.63) is 36.0 Å². The maximum atomic E-state index is 5.58. The average Bonchev–Trinajstić information content (AvgIpc) is 2.85. The van der Waals surface area contributed by atoms with Crippen molar-refractivity contribution in [3.8, 4) is 11.5 Å². The van der Waals surface area contributed by atoms with Crippen LogP contribution in [-0.2, 0) is 13.0 Å². The Bertz CT molecular complexity index is 502. The molecule has 0 spiro atoms. The second-order valence-corrected chi connectivity index (χ2v) is 3.85. The first-order valence-corrected chi connectivity index (χ1v) is 6.00. The summed E-state index contributed by atoms with van der Waals surface area (Å²) in [4.78, 5) is 0. The Morgan fingerprint density at radius 3 is 2.61 bits per heavy atom. The Hall–Kier alpha value is -1.75. The summed E-state index contributed by atoms with van der Waals surface area (Å²) in [5, 5.41) is 7.71. The molecule has 0 amide bonds. The fourth-order valence-corrected chi connectivity index (χ4v) is 1.57. The van der Waals surface area contributed by atoms with E-state index in [2.05, 4.69) is 10.2 Å². The van der Waals surface area contributed by atoms with Crippen LogP contribution in [-0.4, -0.2) is 23.2 Å². The van der Waals surface area contributed by atoms with Crippen molar-refractivity contribution in [2.75, 3.05) is 13.0 Å². The molecule has 6 heteroatoms. The highest BCUT2D eigenvalue weighted by molar-refractivity contribution is 6.17. The normalized spacial score (nSPS) is 10.3. The van der Waals surface area contributed by atoms with Crippen LogP contribution in [0, 0.1) is 0 Å². The summed E-state index contributed by atoms with van der Waals surface area (Å²) in [7, 11) is 1.59. The number of benzene rings is 1.